The molecular formula is C16H18FNS. The highest BCUT2D eigenvalue weighted by atomic mass is 32.2. The van der Waals surface area contributed by atoms with Crippen molar-refractivity contribution in [3.63, 3.8) is 0 Å². The summed E-state index contributed by atoms with van der Waals surface area (Å²) in [6.07, 6.45) is 1.06. The largest absolute Gasteiger partial charge is 0.313 e. The van der Waals surface area contributed by atoms with Crippen LogP contribution in [0, 0.1) is 5.82 Å². The number of benzene rings is 2. The lowest BCUT2D eigenvalue weighted by molar-refractivity contribution is 0.576. The van der Waals surface area contributed by atoms with Crippen LogP contribution in [0.25, 0.3) is 0 Å². The molecule has 100 valence electrons. The monoisotopic (exact) mass is 275 g/mol. The van der Waals surface area contributed by atoms with Crippen molar-refractivity contribution in [1.29, 1.82) is 0 Å². The minimum absolute atomic E-state index is 0.192. The molecule has 0 spiro atoms. The topological polar surface area (TPSA) is 12.0 Å². The van der Waals surface area contributed by atoms with Crippen LogP contribution in [0.15, 0.2) is 58.3 Å². The van der Waals surface area contributed by atoms with Crippen molar-refractivity contribution in [2.24, 2.45) is 0 Å². The summed E-state index contributed by atoms with van der Waals surface area (Å²) in [5, 5.41) is 3.29. The van der Waals surface area contributed by atoms with E-state index in [1.54, 1.807) is 23.9 Å². The molecule has 0 aliphatic carbocycles. The smallest absolute Gasteiger partial charge is 0.124 e. The van der Waals surface area contributed by atoms with E-state index in [0.29, 0.717) is 6.04 Å². The van der Waals surface area contributed by atoms with Crippen LogP contribution >= 0.6 is 11.8 Å². The first-order valence-corrected chi connectivity index (χ1v) is 7.25. The number of nitrogens with one attached hydrogen (secondary N) is 1. The Kier molecular flexibility index (Phi) is 5.00. The van der Waals surface area contributed by atoms with Gasteiger partial charge in [-0.15, -0.1) is 0 Å². The van der Waals surface area contributed by atoms with Crippen LogP contribution in [0.3, 0.4) is 0 Å². The van der Waals surface area contributed by atoms with E-state index < -0.39 is 0 Å². The second-order valence-corrected chi connectivity index (χ2v) is 5.52. The summed E-state index contributed by atoms with van der Waals surface area (Å²) >= 11 is 1.58. The molecule has 0 heterocycles. The second kappa shape index (κ2) is 6.73. The predicted molar refractivity (Wildman–Crippen MR) is 79.1 cm³/mol. The lowest BCUT2D eigenvalue weighted by atomic mass is 10.1. The molecule has 0 aliphatic rings. The maximum Gasteiger partial charge on any atom is 0.124 e. The molecule has 1 N–H and O–H groups in total. The van der Waals surface area contributed by atoms with E-state index in [4.69, 9.17) is 0 Å². The van der Waals surface area contributed by atoms with Crippen LogP contribution < -0.4 is 5.32 Å². The highest BCUT2D eigenvalue weighted by Crippen LogP contribution is 2.29. The van der Waals surface area contributed by atoms with Crippen LogP contribution in [0.4, 0.5) is 4.39 Å². The van der Waals surface area contributed by atoms with E-state index in [1.165, 1.54) is 11.6 Å². The molecule has 1 atom stereocenters. The van der Waals surface area contributed by atoms with Crippen molar-refractivity contribution < 1.29 is 4.39 Å². The van der Waals surface area contributed by atoms with Crippen LogP contribution in [0.2, 0.25) is 0 Å². The molecular weight excluding hydrogens is 257 g/mol. The van der Waals surface area contributed by atoms with Gasteiger partial charge in [-0.3, -0.25) is 0 Å². The second-order valence-electron chi connectivity index (χ2n) is 4.38. The van der Waals surface area contributed by atoms with Crippen molar-refractivity contribution in [3.8, 4) is 0 Å². The van der Waals surface area contributed by atoms with Gasteiger partial charge in [0, 0.05) is 15.8 Å². The van der Waals surface area contributed by atoms with Gasteiger partial charge in [-0.2, -0.15) is 0 Å². The number of rotatable bonds is 5. The molecule has 2 aromatic rings. The predicted octanol–water partition coefficient (Wildman–Crippen LogP) is 4.65. The quantitative estimate of drug-likeness (QED) is 0.852. The summed E-state index contributed by atoms with van der Waals surface area (Å²) in [5.41, 5.74) is 1.29. The molecule has 0 radical (unpaired) electrons. The normalized spacial score (nSPS) is 12.4. The summed E-state index contributed by atoms with van der Waals surface area (Å²) in [6.45, 7) is 2.16. The van der Waals surface area contributed by atoms with E-state index in [0.717, 1.165) is 16.2 Å². The summed E-state index contributed by atoms with van der Waals surface area (Å²) in [5.74, 6) is -0.192. The van der Waals surface area contributed by atoms with Crippen molar-refractivity contribution >= 4 is 11.8 Å². The zero-order valence-electron chi connectivity index (χ0n) is 11.2. The minimum Gasteiger partial charge on any atom is -0.313 e. The standard InChI is InChI=1S/C16H18FNS/c1-3-16(18-2)12-7-9-14(10-8-12)19-15-6-4-5-13(17)11-15/h4-11,16,18H,3H2,1-2H3. The Morgan fingerprint density at radius 2 is 1.84 bits per heavy atom. The average molecular weight is 275 g/mol. The van der Waals surface area contributed by atoms with E-state index in [-0.39, 0.29) is 5.82 Å². The van der Waals surface area contributed by atoms with Crippen molar-refractivity contribution in [2.75, 3.05) is 7.05 Å². The van der Waals surface area contributed by atoms with Gasteiger partial charge in [0.2, 0.25) is 0 Å². The highest BCUT2D eigenvalue weighted by Gasteiger charge is 2.06. The summed E-state index contributed by atoms with van der Waals surface area (Å²) in [4.78, 5) is 2.05. The lowest BCUT2D eigenvalue weighted by Crippen LogP contribution is -2.14. The SMILES string of the molecule is CCC(NC)c1ccc(Sc2cccc(F)c2)cc1. The van der Waals surface area contributed by atoms with Gasteiger partial charge in [-0.05, 0) is 49.4 Å². The van der Waals surface area contributed by atoms with Gasteiger partial charge in [-0.1, -0.05) is 36.9 Å². The van der Waals surface area contributed by atoms with E-state index in [2.05, 4.69) is 36.5 Å². The number of hydrogen-bond acceptors (Lipinski definition) is 2. The van der Waals surface area contributed by atoms with Gasteiger partial charge in [0.1, 0.15) is 5.82 Å². The van der Waals surface area contributed by atoms with Gasteiger partial charge in [0.15, 0.2) is 0 Å². The maximum absolute atomic E-state index is 13.1. The highest BCUT2D eigenvalue weighted by molar-refractivity contribution is 7.99. The van der Waals surface area contributed by atoms with Gasteiger partial charge in [0.05, 0.1) is 0 Å². The minimum atomic E-state index is -0.192. The molecule has 0 saturated carbocycles. The molecule has 0 bridgehead atoms. The Morgan fingerprint density at radius 3 is 2.42 bits per heavy atom. The Hall–Kier alpha value is -1.32. The van der Waals surface area contributed by atoms with Crippen LogP contribution in [0.1, 0.15) is 24.9 Å². The molecule has 2 aromatic carbocycles. The van der Waals surface area contributed by atoms with Gasteiger partial charge >= 0.3 is 0 Å². The molecule has 1 nitrogen and oxygen atoms in total. The fourth-order valence-corrected chi connectivity index (χ4v) is 2.90. The molecule has 0 saturated heterocycles. The van der Waals surface area contributed by atoms with E-state index in [9.17, 15) is 4.39 Å². The Bertz CT molecular complexity index is 521. The lowest BCUT2D eigenvalue weighted by Gasteiger charge is -2.14. The average Bonchev–Trinajstić information content (AvgIpc) is 2.42. The molecule has 1 unspecified atom stereocenters. The number of halogens is 1. The van der Waals surface area contributed by atoms with Gasteiger partial charge in [-0.25, -0.2) is 4.39 Å². The first-order valence-electron chi connectivity index (χ1n) is 6.43. The van der Waals surface area contributed by atoms with Crippen molar-refractivity contribution in [3.05, 3.63) is 59.9 Å². The van der Waals surface area contributed by atoms with Crippen LogP contribution in [-0.2, 0) is 0 Å². The molecule has 0 aliphatic heterocycles. The van der Waals surface area contributed by atoms with Gasteiger partial charge in [0.25, 0.3) is 0 Å². The van der Waals surface area contributed by atoms with Crippen molar-refractivity contribution in [1.82, 2.24) is 5.32 Å². The fraction of sp³-hybridized carbons (Fsp3) is 0.250. The molecule has 19 heavy (non-hydrogen) atoms. The third-order valence-electron chi connectivity index (χ3n) is 3.07. The molecule has 3 heteroatoms. The third-order valence-corrected chi connectivity index (χ3v) is 4.07. The maximum atomic E-state index is 13.1. The molecule has 0 amide bonds. The van der Waals surface area contributed by atoms with E-state index >= 15 is 0 Å². The molecule has 0 aromatic heterocycles. The summed E-state index contributed by atoms with van der Waals surface area (Å²) in [6, 6.07) is 15.5. The van der Waals surface area contributed by atoms with Gasteiger partial charge < -0.3 is 5.32 Å². The zero-order chi connectivity index (χ0) is 13.7. The van der Waals surface area contributed by atoms with E-state index in [1.807, 2.05) is 13.1 Å². The molecule has 2 rings (SSSR count). The number of hydrogen-bond donors (Lipinski definition) is 1. The van der Waals surface area contributed by atoms with Crippen molar-refractivity contribution in [2.45, 2.75) is 29.2 Å². The Balaban J connectivity index is 2.10. The third kappa shape index (κ3) is 3.82. The Morgan fingerprint density at radius 1 is 1.11 bits per heavy atom. The Labute approximate surface area is 118 Å². The molecule has 0 fully saturated rings. The fourth-order valence-electron chi connectivity index (χ4n) is 2.04. The summed E-state index contributed by atoms with van der Waals surface area (Å²) < 4.78 is 13.1. The van der Waals surface area contributed by atoms with Crippen LogP contribution in [0.5, 0.6) is 0 Å². The van der Waals surface area contributed by atoms with Crippen LogP contribution in [-0.4, -0.2) is 7.05 Å². The summed E-state index contributed by atoms with van der Waals surface area (Å²) in [7, 11) is 1.98. The first kappa shape index (κ1) is 14.1. The zero-order valence-corrected chi connectivity index (χ0v) is 12.0. The first-order chi connectivity index (χ1) is 9.22.